The van der Waals surface area contributed by atoms with E-state index in [2.05, 4.69) is 4.98 Å². The standard InChI is InChI=1S/C24H14Cl3N3O2S/c25-16-9-15(10-17(26)11-16)21-22(14-4-6-18(31)7-5-14)30(13-19-12-28-24(27)33-19)20-3-1-2-8-29(20)23(21)32/h1-12H,13H2/p+1. The zero-order chi connectivity index (χ0) is 23.1. The van der Waals surface area contributed by atoms with Gasteiger partial charge in [0.25, 0.3) is 5.65 Å². The Morgan fingerprint density at radius 2 is 1.70 bits per heavy atom. The van der Waals surface area contributed by atoms with Crippen molar-refractivity contribution < 1.29 is 9.67 Å². The Kier molecular flexibility index (Phi) is 5.85. The first-order valence-electron chi connectivity index (χ1n) is 9.84. The van der Waals surface area contributed by atoms with E-state index < -0.39 is 0 Å². The van der Waals surface area contributed by atoms with Gasteiger partial charge < -0.3 is 5.11 Å². The summed E-state index contributed by atoms with van der Waals surface area (Å²) in [5, 5.41) is 10.7. The second-order valence-electron chi connectivity index (χ2n) is 7.33. The second-order valence-corrected chi connectivity index (χ2v) is 9.90. The predicted molar refractivity (Wildman–Crippen MR) is 133 cm³/mol. The third-order valence-corrected chi connectivity index (χ3v) is 6.72. The van der Waals surface area contributed by atoms with Crippen molar-refractivity contribution in [3.63, 3.8) is 0 Å². The van der Waals surface area contributed by atoms with Crippen molar-refractivity contribution in [3.8, 4) is 28.1 Å². The van der Waals surface area contributed by atoms with Gasteiger partial charge in [-0.1, -0.05) is 40.9 Å². The van der Waals surface area contributed by atoms with Crippen LogP contribution in [-0.4, -0.2) is 14.5 Å². The molecule has 1 N–H and O–H groups in total. The number of hydrogen-bond donors (Lipinski definition) is 1. The van der Waals surface area contributed by atoms with Crippen LogP contribution < -0.4 is 10.1 Å². The van der Waals surface area contributed by atoms with Crippen LogP contribution in [0.2, 0.25) is 14.5 Å². The van der Waals surface area contributed by atoms with E-state index in [0.29, 0.717) is 43.5 Å². The van der Waals surface area contributed by atoms with Gasteiger partial charge in [-0.2, -0.15) is 4.40 Å². The molecule has 2 aromatic carbocycles. The summed E-state index contributed by atoms with van der Waals surface area (Å²) in [6, 6.07) is 17.3. The van der Waals surface area contributed by atoms with Crippen molar-refractivity contribution in [2.75, 3.05) is 0 Å². The van der Waals surface area contributed by atoms with E-state index in [-0.39, 0.29) is 11.3 Å². The molecular formula is C24H15Cl3N3O2S+. The summed E-state index contributed by atoms with van der Waals surface area (Å²) in [5.74, 6) is 0.129. The Bertz CT molecular complexity index is 1540. The highest BCUT2D eigenvalue weighted by atomic mass is 35.5. The van der Waals surface area contributed by atoms with Gasteiger partial charge >= 0.3 is 5.56 Å². The van der Waals surface area contributed by atoms with Gasteiger partial charge in [0.05, 0.1) is 11.1 Å². The molecule has 3 heterocycles. The summed E-state index contributed by atoms with van der Waals surface area (Å²) in [7, 11) is 0. The second kappa shape index (κ2) is 8.80. The van der Waals surface area contributed by atoms with Gasteiger partial charge in [-0.05, 0) is 54.1 Å². The number of thiazole rings is 1. The Morgan fingerprint density at radius 1 is 0.970 bits per heavy atom. The van der Waals surface area contributed by atoms with Crippen molar-refractivity contribution in [2.45, 2.75) is 6.54 Å². The van der Waals surface area contributed by atoms with Crippen molar-refractivity contribution in [1.29, 1.82) is 0 Å². The Labute approximate surface area is 207 Å². The highest BCUT2D eigenvalue weighted by molar-refractivity contribution is 7.15. The number of aromatic hydroxyl groups is 1. The van der Waals surface area contributed by atoms with E-state index in [4.69, 9.17) is 34.8 Å². The molecule has 5 rings (SSSR count). The van der Waals surface area contributed by atoms with Crippen LogP contribution in [0, 0.1) is 0 Å². The lowest BCUT2D eigenvalue weighted by Gasteiger charge is -2.15. The highest BCUT2D eigenvalue weighted by Crippen LogP contribution is 2.32. The molecule has 0 aliphatic carbocycles. The molecule has 0 atom stereocenters. The van der Waals surface area contributed by atoms with Crippen molar-refractivity contribution in [2.24, 2.45) is 0 Å². The third-order valence-electron chi connectivity index (χ3n) is 5.19. The first kappa shape index (κ1) is 21.9. The number of hydrogen-bond acceptors (Lipinski definition) is 4. The first-order chi connectivity index (χ1) is 15.9. The van der Waals surface area contributed by atoms with Crippen molar-refractivity contribution in [1.82, 2.24) is 9.38 Å². The quantitative estimate of drug-likeness (QED) is 0.295. The maximum absolute atomic E-state index is 13.8. The first-order valence-corrected chi connectivity index (χ1v) is 11.8. The van der Waals surface area contributed by atoms with Gasteiger partial charge in [-0.3, -0.25) is 0 Å². The molecule has 0 radical (unpaired) electrons. The smallest absolute Gasteiger partial charge is 0.350 e. The van der Waals surface area contributed by atoms with Crippen LogP contribution in [0.4, 0.5) is 0 Å². The van der Waals surface area contributed by atoms with Gasteiger partial charge in [-0.25, -0.2) is 14.3 Å². The van der Waals surface area contributed by atoms with Crippen LogP contribution in [0.15, 0.2) is 77.9 Å². The predicted octanol–water partition coefficient (Wildman–Crippen LogP) is 6.09. The van der Waals surface area contributed by atoms with Gasteiger partial charge in [0.1, 0.15) is 17.9 Å². The average Bonchev–Trinajstić information content (AvgIpc) is 3.20. The summed E-state index contributed by atoms with van der Waals surface area (Å²) in [6.07, 6.45) is 3.45. The van der Waals surface area contributed by atoms with Crippen LogP contribution in [0.5, 0.6) is 5.75 Å². The van der Waals surface area contributed by atoms with Crippen molar-refractivity contribution in [3.05, 3.63) is 103 Å². The molecule has 9 heteroatoms. The summed E-state index contributed by atoms with van der Waals surface area (Å²) >= 11 is 20.1. The number of nitrogens with zero attached hydrogens (tertiary/aromatic N) is 3. The molecule has 3 aromatic heterocycles. The zero-order valence-electron chi connectivity index (χ0n) is 16.9. The summed E-state index contributed by atoms with van der Waals surface area (Å²) in [5.41, 5.74) is 2.91. The number of rotatable bonds is 4. The molecule has 5 aromatic rings. The Hall–Kier alpha value is -2.90. The average molecular weight is 516 g/mol. The van der Waals surface area contributed by atoms with Gasteiger partial charge in [0, 0.05) is 27.9 Å². The monoisotopic (exact) mass is 514 g/mol. The fourth-order valence-corrected chi connectivity index (χ4v) is 5.34. The van der Waals surface area contributed by atoms with E-state index in [0.717, 1.165) is 10.4 Å². The van der Waals surface area contributed by atoms with Crippen LogP contribution in [0.1, 0.15) is 4.88 Å². The largest absolute Gasteiger partial charge is 0.508 e. The molecule has 0 spiro atoms. The molecular weight excluding hydrogens is 501 g/mol. The minimum atomic E-state index is -0.217. The van der Waals surface area contributed by atoms with E-state index in [1.807, 2.05) is 16.7 Å². The fourth-order valence-electron chi connectivity index (χ4n) is 3.85. The van der Waals surface area contributed by atoms with Crippen molar-refractivity contribution >= 4 is 51.8 Å². The van der Waals surface area contributed by atoms with E-state index >= 15 is 0 Å². The SMILES string of the molecule is O=c1c(-c2cc(Cl)cc(Cl)c2)c(-c2ccc(O)cc2)[n+](Cc2cnc(Cl)s2)c2ccccn12. The molecule has 0 amide bonds. The molecule has 0 saturated heterocycles. The molecule has 0 bridgehead atoms. The van der Waals surface area contributed by atoms with Gasteiger partial charge in [0.2, 0.25) is 0 Å². The molecule has 33 heavy (non-hydrogen) atoms. The molecule has 0 aliphatic rings. The lowest BCUT2D eigenvalue weighted by Crippen LogP contribution is -2.43. The lowest BCUT2D eigenvalue weighted by molar-refractivity contribution is -0.654. The number of fused-ring (bicyclic) bond motifs is 1. The van der Waals surface area contributed by atoms with E-state index in [1.54, 1.807) is 65.3 Å². The minimum absolute atomic E-state index is 0.129. The minimum Gasteiger partial charge on any atom is -0.508 e. The van der Waals surface area contributed by atoms with Gasteiger partial charge in [-0.15, -0.1) is 11.3 Å². The Morgan fingerprint density at radius 3 is 2.36 bits per heavy atom. The molecule has 0 unspecified atom stereocenters. The van der Waals surface area contributed by atoms with Crippen LogP contribution in [0.3, 0.4) is 0 Å². The number of benzene rings is 2. The highest BCUT2D eigenvalue weighted by Gasteiger charge is 2.27. The molecule has 5 nitrogen and oxygen atoms in total. The topological polar surface area (TPSA) is 58.5 Å². The molecule has 0 saturated carbocycles. The number of halogens is 3. The maximum Gasteiger partial charge on any atom is 0.350 e. The fraction of sp³-hybridized carbons (Fsp3) is 0.0417. The lowest BCUT2D eigenvalue weighted by atomic mass is 9.99. The van der Waals surface area contributed by atoms with Gasteiger partial charge in [0.15, 0.2) is 10.2 Å². The van der Waals surface area contributed by atoms with Crippen LogP contribution >= 0.6 is 46.1 Å². The molecule has 0 fully saturated rings. The molecule has 0 aliphatic heterocycles. The maximum atomic E-state index is 13.8. The zero-order valence-corrected chi connectivity index (χ0v) is 20.0. The molecule has 164 valence electrons. The third kappa shape index (κ3) is 4.23. The number of phenolic OH excluding ortho intramolecular Hbond substituents is 1. The number of pyridine rings is 1. The van der Waals surface area contributed by atoms with Crippen LogP contribution in [0.25, 0.3) is 28.0 Å². The summed E-state index contributed by atoms with van der Waals surface area (Å²) in [6.45, 7) is 0.426. The van der Waals surface area contributed by atoms with E-state index in [9.17, 15) is 9.90 Å². The normalized spacial score (nSPS) is 11.2. The van der Waals surface area contributed by atoms with E-state index in [1.165, 1.54) is 11.3 Å². The Balaban J connectivity index is 1.93. The summed E-state index contributed by atoms with van der Waals surface area (Å²) < 4.78 is 4.06. The number of aromatic nitrogens is 3. The number of phenols is 1. The summed E-state index contributed by atoms with van der Waals surface area (Å²) in [4.78, 5) is 18.9. The van der Waals surface area contributed by atoms with Crippen LogP contribution in [-0.2, 0) is 6.54 Å².